The average Bonchev–Trinajstić information content (AvgIpc) is 3.23. The number of hydrogen-bond donors (Lipinski definition) is 2. The van der Waals surface area contributed by atoms with Crippen LogP contribution >= 0.6 is 0 Å². The summed E-state index contributed by atoms with van der Waals surface area (Å²) in [5.41, 5.74) is 8.16. The third kappa shape index (κ3) is 2.39. The van der Waals surface area contributed by atoms with Gasteiger partial charge in [0.25, 0.3) is 5.91 Å². The Labute approximate surface area is 147 Å². The minimum absolute atomic E-state index is 0.0684. The number of aromatic amines is 1. The van der Waals surface area contributed by atoms with Crippen molar-refractivity contribution in [1.29, 1.82) is 0 Å². The molecule has 8 heteroatoms. The first-order valence-electron chi connectivity index (χ1n) is 7.90. The lowest BCUT2D eigenvalue weighted by Gasteiger charge is -2.07. The number of hydrogen-bond acceptors (Lipinski definition) is 5. The number of amides is 1. The Balaban J connectivity index is 2.08. The van der Waals surface area contributed by atoms with E-state index in [1.165, 1.54) is 10.8 Å². The van der Waals surface area contributed by atoms with Crippen LogP contribution in [0.1, 0.15) is 21.6 Å². The van der Waals surface area contributed by atoms with Gasteiger partial charge in [-0.15, -0.1) is 0 Å². The molecule has 0 radical (unpaired) electrons. The molecule has 8 nitrogen and oxygen atoms in total. The van der Waals surface area contributed by atoms with Crippen molar-refractivity contribution in [3.63, 3.8) is 0 Å². The van der Waals surface area contributed by atoms with Crippen LogP contribution < -0.4 is 11.4 Å². The molecule has 4 aromatic rings. The Morgan fingerprint density at radius 2 is 2.00 bits per heavy atom. The van der Waals surface area contributed by atoms with E-state index >= 15 is 0 Å². The minimum Gasteiger partial charge on any atom is -0.461 e. The van der Waals surface area contributed by atoms with E-state index in [-0.39, 0.29) is 22.7 Å². The number of aryl methyl sites for hydroxylation is 2. The standard InChI is InChI=1S/C18H15N5O3/c1-9-5-6-11(8-10(9)2)23-17-14(21-18(23)25)13(15(19)24)20-16(22-17)12-4-3-7-26-12/h3-8H,1-2H3,(H2,19,24)(H,21,25). The number of furan rings is 1. The van der Waals surface area contributed by atoms with Crippen LogP contribution in [0, 0.1) is 13.8 Å². The van der Waals surface area contributed by atoms with Crippen LogP contribution in [-0.4, -0.2) is 25.4 Å². The van der Waals surface area contributed by atoms with Gasteiger partial charge in [0.15, 0.2) is 22.9 Å². The molecule has 0 atom stereocenters. The van der Waals surface area contributed by atoms with Crippen LogP contribution in [0.4, 0.5) is 0 Å². The molecule has 0 aliphatic carbocycles. The molecule has 4 rings (SSSR count). The van der Waals surface area contributed by atoms with Crippen molar-refractivity contribution in [3.05, 3.63) is 63.9 Å². The summed E-state index contributed by atoms with van der Waals surface area (Å²) in [6.07, 6.45) is 1.47. The van der Waals surface area contributed by atoms with Crippen molar-refractivity contribution < 1.29 is 9.21 Å². The Morgan fingerprint density at radius 3 is 2.65 bits per heavy atom. The van der Waals surface area contributed by atoms with E-state index in [1.54, 1.807) is 12.1 Å². The second-order valence-corrected chi connectivity index (χ2v) is 5.97. The number of nitrogens with one attached hydrogen (secondary N) is 1. The van der Waals surface area contributed by atoms with Crippen LogP contribution in [0.3, 0.4) is 0 Å². The summed E-state index contributed by atoms with van der Waals surface area (Å²) in [4.78, 5) is 35.7. The minimum atomic E-state index is -0.765. The fourth-order valence-corrected chi connectivity index (χ4v) is 2.78. The number of rotatable bonds is 3. The first-order chi connectivity index (χ1) is 12.5. The number of nitrogens with zero attached hydrogens (tertiary/aromatic N) is 3. The first-order valence-corrected chi connectivity index (χ1v) is 7.90. The molecule has 0 saturated heterocycles. The van der Waals surface area contributed by atoms with Gasteiger partial charge >= 0.3 is 5.69 Å². The quantitative estimate of drug-likeness (QED) is 0.587. The Morgan fingerprint density at radius 1 is 1.19 bits per heavy atom. The summed E-state index contributed by atoms with van der Waals surface area (Å²) < 4.78 is 6.71. The van der Waals surface area contributed by atoms with Crippen molar-refractivity contribution in [3.8, 4) is 17.3 Å². The monoisotopic (exact) mass is 349 g/mol. The second kappa shape index (κ2) is 5.69. The largest absolute Gasteiger partial charge is 0.461 e. The number of benzene rings is 1. The van der Waals surface area contributed by atoms with Gasteiger partial charge < -0.3 is 15.1 Å². The summed E-state index contributed by atoms with van der Waals surface area (Å²) in [7, 11) is 0. The molecule has 3 N–H and O–H groups in total. The number of carbonyl (C=O) groups is 1. The van der Waals surface area contributed by atoms with Gasteiger partial charge in [-0.3, -0.25) is 4.79 Å². The molecule has 0 aliphatic heterocycles. The zero-order valence-corrected chi connectivity index (χ0v) is 14.1. The summed E-state index contributed by atoms with van der Waals surface area (Å²) in [6.45, 7) is 3.94. The number of aromatic nitrogens is 4. The molecule has 0 saturated carbocycles. The van der Waals surface area contributed by atoms with E-state index in [0.29, 0.717) is 11.4 Å². The highest BCUT2D eigenvalue weighted by molar-refractivity contribution is 6.02. The smallest absolute Gasteiger partial charge is 0.332 e. The van der Waals surface area contributed by atoms with E-state index in [1.807, 2.05) is 32.0 Å². The van der Waals surface area contributed by atoms with Crippen molar-refractivity contribution in [2.75, 3.05) is 0 Å². The van der Waals surface area contributed by atoms with Gasteiger partial charge in [0.2, 0.25) is 0 Å². The molecule has 0 bridgehead atoms. The van der Waals surface area contributed by atoms with Crippen LogP contribution in [0.15, 0.2) is 45.8 Å². The molecule has 0 unspecified atom stereocenters. The van der Waals surface area contributed by atoms with Gasteiger partial charge in [0.1, 0.15) is 5.52 Å². The van der Waals surface area contributed by atoms with Gasteiger partial charge in [-0.1, -0.05) is 6.07 Å². The van der Waals surface area contributed by atoms with Crippen molar-refractivity contribution in [1.82, 2.24) is 19.5 Å². The highest BCUT2D eigenvalue weighted by Crippen LogP contribution is 2.23. The Kier molecular flexibility index (Phi) is 3.47. The zero-order valence-electron chi connectivity index (χ0n) is 14.1. The van der Waals surface area contributed by atoms with Crippen molar-refractivity contribution in [2.24, 2.45) is 5.73 Å². The van der Waals surface area contributed by atoms with Crippen LogP contribution in [-0.2, 0) is 0 Å². The third-order valence-electron chi connectivity index (χ3n) is 4.26. The predicted molar refractivity (Wildman–Crippen MR) is 95.2 cm³/mol. The maximum absolute atomic E-state index is 12.6. The fraction of sp³-hybridized carbons (Fsp3) is 0.111. The maximum Gasteiger partial charge on any atom is 0.332 e. The van der Waals surface area contributed by atoms with Gasteiger partial charge in [-0.25, -0.2) is 19.3 Å². The lowest BCUT2D eigenvalue weighted by molar-refractivity contribution is 0.0997. The van der Waals surface area contributed by atoms with Crippen LogP contribution in [0.2, 0.25) is 0 Å². The number of nitrogens with two attached hydrogens (primary N) is 1. The molecular formula is C18H15N5O3. The van der Waals surface area contributed by atoms with Crippen LogP contribution in [0.25, 0.3) is 28.4 Å². The first kappa shape index (κ1) is 15.8. The topological polar surface area (TPSA) is 120 Å². The second-order valence-electron chi connectivity index (χ2n) is 5.97. The highest BCUT2D eigenvalue weighted by Gasteiger charge is 2.21. The molecule has 3 heterocycles. The summed E-state index contributed by atoms with van der Waals surface area (Å²) in [6, 6.07) is 8.95. The molecule has 1 aromatic carbocycles. The number of carbonyl (C=O) groups excluding carboxylic acids is 1. The normalized spacial score (nSPS) is 11.2. The summed E-state index contributed by atoms with van der Waals surface area (Å²) in [5, 5.41) is 0. The zero-order chi connectivity index (χ0) is 18.4. The van der Waals surface area contributed by atoms with E-state index in [2.05, 4.69) is 15.0 Å². The number of H-pyrrole nitrogens is 1. The number of imidazole rings is 1. The van der Waals surface area contributed by atoms with Gasteiger partial charge in [0, 0.05) is 0 Å². The van der Waals surface area contributed by atoms with E-state index in [9.17, 15) is 9.59 Å². The molecule has 0 fully saturated rings. The van der Waals surface area contributed by atoms with Crippen molar-refractivity contribution >= 4 is 17.1 Å². The molecule has 3 aromatic heterocycles. The summed E-state index contributed by atoms with van der Waals surface area (Å²) in [5.74, 6) is -0.221. The van der Waals surface area contributed by atoms with E-state index in [4.69, 9.17) is 10.2 Å². The molecule has 0 spiro atoms. The fourth-order valence-electron chi connectivity index (χ4n) is 2.78. The lowest BCUT2D eigenvalue weighted by Crippen LogP contribution is -2.15. The van der Waals surface area contributed by atoms with Gasteiger partial charge in [0.05, 0.1) is 12.0 Å². The summed E-state index contributed by atoms with van der Waals surface area (Å²) >= 11 is 0. The highest BCUT2D eigenvalue weighted by atomic mass is 16.3. The van der Waals surface area contributed by atoms with Gasteiger partial charge in [-0.2, -0.15) is 0 Å². The third-order valence-corrected chi connectivity index (χ3v) is 4.26. The van der Waals surface area contributed by atoms with Crippen LogP contribution in [0.5, 0.6) is 0 Å². The average molecular weight is 349 g/mol. The number of fused-ring (bicyclic) bond motifs is 1. The predicted octanol–water partition coefficient (Wildman–Crippen LogP) is 2.08. The molecular weight excluding hydrogens is 334 g/mol. The number of primary amides is 1. The molecule has 0 aliphatic rings. The lowest BCUT2D eigenvalue weighted by atomic mass is 10.1. The van der Waals surface area contributed by atoms with E-state index < -0.39 is 11.6 Å². The Hall–Kier alpha value is -3.68. The van der Waals surface area contributed by atoms with Crippen molar-refractivity contribution in [2.45, 2.75) is 13.8 Å². The molecule has 1 amide bonds. The molecule has 26 heavy (non-hydrogen) atoms. The van der Waals surface area contributed by atoms with E-state index in [0.717, 1.165) is 11.1 Å². The SMILES string of the molecule is Cc1ccc(-n2c(=O)[nH]c3c(C(N)=O)nc(-c4ccco4)nc32)cc1C. The molecule has 130 valence electrons. The maximum atomic E-state index is 12.6. The Bertz CT molecular complexity index is 1200. The van der Waals surface area contributed by atoms with Gasteiger partial charge in [-0.05, 0) is 49.2 Å².